The standard InChI is InChI=1S/C13H19NO4/c1-3-4-11(13(16)17)14-8-9-5-6-10(18-2)7-12(9)15/h5-7,11,14-15H,3-4,8H2,1-2H3,(H,16,17). The Kier molecular flexibility index (Phi) is 5.45. The van der Waals surface area contributed by atoms with Gasteiger partial charge in [0.15, 0.2) is 0 Å². The molecule has 0 saturated heterocycles. The summed E-state index contributed by atoms with van der Waals surface area (Å²) in [4.78, 5) is 11.0. The zero-order chi connectivity index (χ0) is 13.5. The molecule has 0 aliphatic carbocycles. The maximum Gasteiger partial charge on any atom is 0.320 e. The Labute approximate surface area is 106 Å². The van der Waals surface area contributed by atoms with Gasteiger partial charge in [-0.1, -0.05) is 19.4 Å². The first kappa shape index (κ1) is 14.3. The van der Waals surface area contributed by atoms with E-state index in [4.69, 9.17) is 9.84 Å². The molecule has 0 radical (unpaired) electrons. The van der Waals surface area contributed by atoms with Crippen molar-refractivity contribution in [2.24, 2.45) is 0 Å². The number of benzene rings is 1. The largest absolute Gasteiger partial charge is 0.507 e. The molecule has 0 fully saturated rings. The minimum absolute atomic E-state index is 0.0995. The molecule has 0 saturated carbocycles. The van der Waals surface area contributed by atoms with Gasteiger partial charge in [-0.2, -0.15) is 0 Å². The second kappa shape index (κ2) is 6.86. The van der Waals surface area contributed by atoms with Crippen molar-refractivity contribution in [2.75, 3.05) is 7.11 Å². The monoisotopic (exact) mass is 253 g/mol. The summed E-state index contributed by atoms with van der Waals surface area (Å²) in [5, 5.41) is 21.6. The van der Waals surface area contributed by atoms with Crippen molar-refractivity contribution in [3.05, 3.63) is 23.8 Å². The minimum atomic E-state index is -0.871. The van der Waals surface area contributed by atoms with Crippen LogP contribution in [-0.2, 0) is 11.3 Å². The summed E-state index contributed by atoms with van der Waals surface area (Å²) in [5.41, 5.74) is 0.651. The molecule has 0 heterocycles. The maximum absolute atomic E-state index is 11.0. The highest BCUT2D eigenvalue weighted by Crippen LogP contribution is 2.23. The van der Waals surface area contributed by atoms with Crippen LogP contribution in [0.1, 0.15) is 25.3 Å². The number of methoxy groups -OCH3 is 1. The lowest BCUT2D eigenvalue weighted by Crippen LogP contribution is -2.35. The fraction of sp³-hybridized carbons (Fsp3) is 0.462. The van der Waals surface area contributed by atoms with Gasteiger partial charge in [0.05, 0.1) is 7.11 Å². The van der Waals surface area contributed by atoms with E-state index >= 15 is 0 Å². The van der Waals surface area contributed by atoms with Crippen molar-refractivity contribution in [3.8, 4) is 11.5 Å². The average Bonchev–Trinajstić information content (AvgIpc) is 2.35. The van der Waals surface area contributed by atoms with Gasteiger partial charge in [-0.25, -0.2) is 0 Å². The third-order valence-corrected chi connectivity index (χ3v) is 2.71. The van der Waals surface area contributed by atoms with Gasteiger partial charge < -0.3 is 20.3 Å². The molecule has 0 amide bonds. The minimum Gasteiger partial charge on any atom is -0.507 e. The molecule has 1 rings (SSSR count). The molecule has 5 heteroatoms. The van der Waals surface area contributed by atoms with Gasteiger partial charge >= 0.3 is 5.97 Å². The van der Waals surface area contributed by atoms with Crippen molar-refractivity contribution < 1.29 is 19.7 Å². The molecule has 1 unspecified atom stereocenters. The average molecular weight is 253 g/mol. The number of ether oxygens (including phenoxy) is 1. The number of aromatic hydroxyl groups is 1. The Morgan fingerprint density at radius 1 is 1.50 bits per heavy atom. The van der Waals surface area contributed by atoms with Crippen LogP contribution in [0, 0.1) is 0 Å². The molecule has 0 spiro atoms. The first-order valence-electron chi connectivity index (χ1n) is 5.90. The predicted octanol–water partition coefficient (Wildman–Crippen LogP) is 1.74. The molecule has 18 heavy (non-hydrogen) atoms. The highest BCUT2D eigenvalue weighted by Gasteiger charge is 2.15. The summed E-state index contributed by atoms with van der Waals surface area (Å²) >= 11 is 0. The number of aliphatic carboxylic acids is 1. The van der Waals surface area contributed by atoms with Crippen LogP contribution in [-0.4, -0.2) is 29.3 Å². The molecule has 1 aromatic rings. The first-order chi connectivity index (χ1) is 8.58. The lowest BCUT2D eigenvalue weighted by atomic mass is 10.1. The summed E-state index contributed by atoms with van der Waals surface area (Å²) < 4.78 is 4.98. The second-order valence-electron chi connectivity index (χ2n) is 4.06. The fourth-order valence-electron chi connectivity index (χ4n) is 1.65. The number of carbonyl (C=O) groups is 1. The van der Waals surface area contributed by atoms with Crippen LogP contribution in [0.4, 0.5) is 0 Å². The Bertz CT molecular complexity index is 406. The molecule has 0 bridgehead atoms. The molecule has 1 aromatic carbocycles. The molecular formula is C13H19NO4. The molecule has 100 valence electrons. The fourth-order valence-corrected chi connectivity index (χ4v) is 1.65. The number of phenolic OH excluding ortho intramolecular Hbond substituents is 1. The quantitative estimate of drug-likeness (QED) is 0.690. The lowest BCUT2D eigenvalue weighted by Gasteiger charge is -2.14. The van der Waals surface area contributed by atoms with Crippen molar-refractivity contribution in [3.63, 3.8) is 0 Å². The van der Waals surface area contributed by atoms with E-state index in [0.29, 0.717) is 24.3 Å². The first-order valence-corrected chi connectivity index (χ1v) is 5.90. The summed E-state index contributed by atoms with van der Waals surface area (Å²) in [6.45, 7) is 2.25. The van der Waals surface area contributed by atoms with Crippen LogP contribution < -0.4 is 10.1 Å². The predicted molar refractivity (Wildman–Crippen MR) is 67.8 cm³/mol. The van der Waals surface area contributed by atoms with Crippen molar-refractivity contribution in [1.82, 2.24) is 5.32 Å². The third kappa shape index (κ3) is 3.92. The highest BCUT2D eigenvalue weighted by molar-refractivity contribution is 5.73. The van der Waals surface area contributed by atoms with Crippen LogP contribution in [0.2, 0.25) is 0 Å². The lowest BCUT2D eigenvalue weighted by molar-refractivity contribution is -0.139. The van der Waals surface area contributed by atoms with E-state index in [9.17, 15) is 9.90 Å². The number of carboxylic acids is 1. The van der Waals surface area contributed by atoms with Gasteiger partial charge in [0, 0.05) is 18.2 Å². The second-order valence-corrected chi connectivity index (χ2v) is 4.06. The van der Waals surface area contributed by atoms with Gasteiger partial charge in [0.1, 0.15) is 17.5 Å². The molecule has 0 aliphatic rings. The number of nitrogens with one attached hydrogen (secondary N) is 1. The van der Waals surface area contributed by atoms with Crippen molar-refractivity contribution >= 4 is 5.97 Å². The molecule has 5 nitrogen and oxygen atoms in total. The van der Waals surface area contributed by atoms with E-state index in [1.807, 2.05) is 6.92 Å². The Hall–Kier alpha value is -1.75. The summed E-state index contributed by atoms with van der Waals surface area (Å²) in [6, 6.07) is 4.36. The molecular weight excluding hydrogens is 234 g/mol. The molecule has 3 N–H and O–H groups in total. The smallest absolute Gasteiger partial charge is 0.320 e. The van der Waals surface area contributed by atoms with Crippen LogP contribution in [0.25, 0.3) is 0 Å². The zero-order valence-electron chi connectivity index (χ0n) is 10.6. The topological polar surface area (TPSA) is 78.8 Å². The molecule has 0 aromatic heterocycles. The SMILES string of the molecule is CCCC(NCc1ccc(OC)cc1O)C(=O)O. The summed E-state index contributed by atoms with van der Waals surface area (Å²) in [7, 11) is 1.52. The number of rotatable bonds is 7. The van der Waals surface area contributed by atoms with Crippen molar-refractivity contribution in [2.45, 2.75) is 32.4 Å². The van der Waals surface area contributed by atoms with Crippen LogP contribution in [0.3, 0.4) is 0 Å². The van der Waals surface area contributed by atoms with Crippen molar-refractivity contribution in [1.29, 1.82) is 0 Å². The number of carboxylic acid groups (broad SMARTS) is 1. The third-order valence-electron chi connectivity index (χ3n) is 2.71. The van der Waals surface area contributed by atoms with E-state index in [2.05, 4.69) is 5.32 Å². The maximum atomic E-state index is 11.0. The number of hydrogen-bond acceptors (Lipinski definition) is 4. The van der Waals surface area contributed by atoms with E-state index in [1.54, 1.807) is 12.1 Å². The van der Waals surface area contributed by atoms with Crippen LogP contribution in [0.15, 0.2) is 18.2 Å². The Morgan fingerprint density at radius 3 is 2.72 bits per heavy atom. The van der Waals surface area contributed by atoms with Crippen LogP contribution in [0.5, 0.6) is 11.5 Å². The molecule has 1 atom stereocenters. The van der Waals surface area contributed by atoms with Gasteiger partial charge in [-0.3, -0.25) is 4.79 Å². The highest BCUT2D eigenvalue weighted by atomic mass is 16.5. The normalized spacial score (nSPS) is 12.1. The van der Waals surface area contributed by atoms with E-state index in [1.165, 1.54) is 13.2 Å². The van der Waals surface area contributed by atoms with E-state index in [0.717, 1.165) is 6.42 Å². The molecule has 0 aliphatic heterocycles. The summed E-state index contributed by atoms with van der Waals surface area (Å²) in [6.07, 6.45) is 1.35. The number of phenols is 1. The Balaban J connectivity index is 2.64. The van der Waals surface area contributed by atoms with Crippen LogP contribution >= 0.6 is 0 Å². The van der Waals surface area contributed by atoms with E-state index in [-0.39, 0.29) is 5.75 Å². The Morgan fingerprint density at radius 2 is 2.22 bits per heavy atom. The van der Waals surface area contributed by atoms with Gasteiger partial charge in [-0.15, -0.1) is 0 Å². The van der Waals surface area contributed by atoms with Gasteiger partial charge in [-0.05, 0) is 12.5 Å². The van der Waals surface area contributed by atoms with Gasteiger partial charge in [0.2, 0.25) is 0 Å². The van der Waals surface area contributed by atoms with Gasteiger partial charge in [0.25, 0.3) is 0 Å². The number of hydrogen-bond donors (Lipinski definition) is 3. The zero-order valence-corrected chi connectivity index (χ0v) is 10.6. The summed E-state index contributed by atoms with van der Waals surface area (Å²) in [5.74, 6) is -0.202. The van der Waals surface area contributed by atoms with E-state index < -0.39 is 12.0 Å².